The van der Waals surface area contributed by atoms with Gasteiger partial charge in [-0.15, -0.1) is 0 Å². The highest BCUT2D eigenvalue weighted by Gasteiger charge is 2.28. The average molecular weight is 547 g/mol. The number of unbranched alkanes of at least 4 members (excludes halogenated alkanes) is 8. The van der Waals surface area contributed by atoms with Crippen molar-refractivity contribution >= 4 is 27.5 Å². The average Bonchev–Trinajstić information content (AvgIpc) is 3.36. The van der Waals surface area contributed by atoms with Gasteiger partial charge in [-0.25, -0.2) is 0 Å². The number of benzene rings is 1. The van der Waals surface area contributed by atoms with Gasteiger partial charge < -0.3 is 14.8 Å². The van der Waals surface area contributed by atoms with Crippen LogP contribution in [0.5, 0.6) is 0 Å². The van der Waals surface area contributed by atoms with Crippen LogP contribution in [0, 0.1) is 0 Å². The number of rotatable bonds is 22. The summed E-state index contributed by atoms with van der Waals surface area (Å²) in [5, 5.41) is 10.6. The summed E-state index contributed by atoms with van der Waals surface area (Å²) in [4.78, 5) is 3.20. The first-order chi connectivity index (χ1) is 18.8. The molecule has 1 heterocycles. The third kappa shape index (κ3) is 13.3. The molecule has 0 spiro atoms. The molecule has 5 heteroatoms. The number of hydrogen-bond acceptors (Lipinski definition) is 2. The Hall–Kier alpha value is -2.03. The van der Waals surface area contributed by atoms with Gasteiger partial charge in [-0.1, -0.05) is 100 Å². The van der Waals surface area contributed by atoms with Gasteiger partial charge in [0.15, 0.2) is 0 Å². The van der Waals surface area contributed by atoms with Gasteiger partial charge in [-0.05, 0) is 70.3 Å². The van der Waals surface area contributed by atoms with E-state index in [1.807, 2.05) is 42.2 Å². The number of fused-ring (bicyclic) bond motifs is 1. The SMILES string of the molecule is [B]C(O)(PN(C)C(=C)CCCC(=C)CCCCCCC/C=C\C/C=C\CCCCC)c1c[nH]c2ccccc12. The zero-order valence-electron chi connectivity index (χ0n) is 24.7. The van der Waals surface area contributed by atoms with Crippen LogP contribution in [0.15, 0.2) is 79.2 Å². The number of nitrogens with one attached hydrogen (secondary N) is 1. The summed E-state index contributed by atoms with van der Waals surface area (Å²) in [6, 6.07) is 7.91. The summed E-state index contributed by atoms with van der Waals surface area (Å²) < 4.78 is 2.01. The fraction of sp³-hybridized carbons (Fsp3) is 0.529. The third-order valence-electron chi connectivity index (χ3n) is 7.29. The van der Waals surface area contributed by atoms with Crippen LogP contribution in [0.2, 0.25) is 0 Å². The number of aliphatic hydroxyl groups is 1. The maximum absolute atomic E-state index is 11.0. The second kappa shape index (κ2) is 19.1. The monoisotopic (exact) mass is 546 g/mol. The lowest BCUT2D eigenvalue weighted by Gasteiger charge is -2.32. The molecule has 0 saturated carbocycles. The molecule has 2 radical (unpaired) electrons. The van der Waals surface area contributed by atoms with Gasteiger partial charge in [0.25, 0.3) is 0 Å². The molecule has 0 amide bonds. The summed E-state index contributed by atoms with van der Waals surface area (Å²) in [6.45, 7) is 10.8. The molecular weight excluding hydrogens is 494 g/mol. The second-order valence-corrected chi connectivity index (χ2v) is 12.5. The number of H-pyrrole nitrogens is 1. The fourth-order valence-corrected chi connectivity index (χ4v) is 5.91. The van der Waals surface area contributed by atoms with Gasteiger partial charge in [-0.2, -0.15) is 0 Å². The van der Waals surface area contributed by atoms with Crippen molar-refractivity contribution in [2.45, 2.75) is 108 Å². The van der Waals surface area contributed by atoms with Crippen LogP contribution in [-0.2, 0) is 5.24 Å². The Morgan fingerprint density at radius 2 is 1.56 bits per heavy atom. The van der Waals surface area contributed by atoms with Crippen molar-refractivity contribution < 1.29 is 5.11 Å². The lowest BCUT2D eigenvalue weighted by molar-refractivity contribution is 0.218. The lowest BCUT2D eigenvalue weighted by atomic mass is 9.91. The summed E-state index contributed by atoms with van der Waals surface area (Å²) >= 11 is 0. The Morgan fingerprint density at radius 3 is 2.31 bits per heavy atom. The summed E-state index contributed by atoms with van der Waals surface area (Å²) in [5.41, 5.74) is 4.04. The Labute approximate surface area is 242 Å². The first-order valence-electron chi connectivity index (χ1n) is 15.1. The van der Waals surface area contributed by atoms with E-state index in [0.717, 1.165) is 54.3 Å². The normalized spacial score (nSPS) is 13.7. The molecule has 2 unspecified atom stereocenters. The molecule has 1 aromatic heterocycles. The molecule has 212 valence electrons. The molecule has 2 aromatic rings. The zero-order chi connectivity index (χ0) is 28.3. The van der Waals surface area contributed by atoms with Crippen molar-refractivity contribution in [3.8, 4) is 0 Å². The van der Waals surface area contributed by atoms with Crippen molar-refractivity contribution in [3.63, 3.8) is 0 Å². The quantitative estimate of drug-likeness (QED) is 0.0668. The number of para-hydroxylation sites is 1. The van der Waals surface area contributed by atoms with Crippen molar-refractivity contribution in [3.05, 3.63) is 84.8 Å². The Morgan fingerprint density at radius 1 is 0.923 bits per heavy atom. The number of aromatic nitrogens is 1. The predicted molar refractivity (Wildman–Crippen MR) is 176 cm³/mol. The molecule has 2 N–H and O–H groups in total. The molecule has 39 heavy (non-hydrogen) atoms. The first kappa shape index (κ1) is 33.2. The Kier molecular flexibility index (Phi) is 16.3. The maximum atomic E-state index is 11.0. The second-order valence-electron chi connectivity index (χ2n) is 10.8. The van der Waals surface area contributed by atoms with Crippen molar-refractivity contribution in [2.75, 3.05) is 7.05 Å². The van der Waals surface area contributed by atoms with Crippen molar-refractivity contribution in [1.29, 1.82) is 0 Å². The third-order valence-corrected chi connectivity index (χ3v) is 8.55. The van der Waals surface area contributed by atoms with Gasteiger partial charge in [0, 0.05) is 44.1 Å². The Bertz CT molecular complexity index is 1040. The number of allylic oxidation sites excluding steroid dienone is 6. The maximum Gasteiger partial charge on any atom is 0.128 e. The lowest BCUT2D eigenvalue weighted by Crippen LogP contribution is -2.24. The summed E-state index contributed by atoms with van der Waals surface area (Å²) in [5.74, 6) is 0. The highest BCUT2D eigenvalue weighted by Crippen LogP contribution is 2.43. The molecular formula is C34H52BN2OP. The van der Waals surface area contributed by atoms with Crippen LogP contribution >= 0.6 is 8.73 Å². The predicted octanol–water partition coefficient (Wildman–Crippen LogP) is 10.0. The molecule has 0 aliphatic rings. The van der Waals surface area contributed by atoms with E-state index in [2.05, 4.69) is 49.4 Å². The molecule has 3 nitrogen and oxygen atoms in total. The van der Waals surface area contributed by atoms with Gasteiger partial charge in [0.2, 0.25) is 0 Å². The van der Waals surface area contributed by atoms with E-state index in [1.54, 1.807) is 0 Å². The highest BCUT2D eigenvalue weighted by molar-refractivity contribution is 7.39. The van der Waals surface area contributed by atoms with Crippen LogP contribution in [0.3, 0.4) is 0 Å². The minimum Gasteiger partial charge on any atom is -0.389 e. The summed E-state index contributed by atoms with van der Waals surface area (Å²) in [6.07, 6.45) is 29.1. The largest absolute Gasteiger partial charge is 0.389 e. The number of aromatic amines is 1. The van der Waals surface area contributed by atoms with Crippen molar-refractivity contribution in [2.24, 2.45) is 0 Å². The topological polar surface area (TPSA) is 39.3 Å². The highest BCUT2D eigenvalue weighted by atomic mass is 31.1. The van der Waals surface area contributed by atoms with Gasteiger partial charge in [0.1, 0.15) is 7.85 Å². The molecule has 0 saturated heterocycles. The first-order valence-corrected chi connectivity index (χ1v) is 16.0. The van der Waals surface area contributed by atoms with E-state index >= 15 is 0 Å². The van der Waals surface area contributed by atoms with E-state index in [4.69, 9.17) is 7.85 Å². The van der Waals surface area contributed by atoms with Crippen LogP contribution in [-0.4, -0.2) is 29.7 Å². The van der Waals surface area contributed by atoms with Crippen LogP contribution in [0.1, 0.15) is 109 Å². The molecule has 0 bridgehead atoms. The van der Waals surface area contributed by atoms with Crippen LogP contribution < -0.4 is 0 Å². The smallest absolute Gasteiger partial charge is 0.128 e. The van der Waals surface area contributed by atoms with Crippen LogP contribution in [0.25, 0.3) is 10.9 Å². The minimum atomic E-state index is -1.43. The fourth-order valence-electron chi connectivity index (χ4n) is 4.80. The standard InChI is InChI=1S/C34H52BN2OP/c1-5-6-7-8-9-10-11-12-13-14-15-16-17-18-19-23-29(2)24-22-25-30(3)37(4)39-34(35,38)32-28-36-33-27-21-20-26-31(32)33/h9-10,12-13,20-21,26-28,36,38-39H,2-3,5-8,11,14-19,22-25H2,1,4H3/b10-9-,13-12-. The molecule has 2 atom stereocenters. The number of hydrogen-bond donors (Lipinski definition) is 2. The molecule has 2 rings (SSSR count). The zero-order valence-corrected chi connectivity index (χ0v) is 25.7. The van der Waals surface area contributed by atoms with Gasteiger partial charge in [0.05, 0.1) is 5.24 Å². The molecule has 1 aromatic carbocycles. The van der Waals surface area contributed by atoms with Gasteiger partial charge >= 0.3 is 0 Å². The molecule has 0 fully saturated rings. The van der Waals surface area contributed by atoms with Gasteiger partial charge in [-0.3, -0.25) is 0 Å². The van der Waals surface area contributed by atoms with Crippen LogP contribution in [0.4, 0.5) is 0 Å². The Balaban J connectivity index is 1.50. The van der Waals surface area contributed by atoms with Crippen molar-refractivity contribution in [1.82, 2.24) is 9.65 Å². The van der Waals surface area contributed by atoms with E-state index in [0.29, 0.717) is 0 Å². The summed E-state index contributed by atoms with van der Waals surface area (Å²) in [7, 11) is 8.31. The number of nitrogens with zero attached hydrogens (tertiary/aromatic N) is 1. The molecule has 0 aliphatic heterocycles. The molecule has 0 aliphatic carbocycles. The minimum absolute atomic E-state index is 0.00749. The van der Waals surface area contributed by atoms with E-state index < -0.39 is 5.24 Å². The van der Waals surface area contributed by atoms with E-state index in [-0.39, 0.29) is 8.73 Å². The van der Waals surface area contributed by atoms with E-state index in [9.17, 15) is 5.11 Å². The van der Waals surface area contributed by atoms with E-state index in [1.165, 1.54) is 69.8 Å².